The normalized spacial score (nSPS) is 11.4. The fourth-order valence-corrected chi connectivity index (χ4v) is 3.46. The van der Waals surface area contributed by atoms with Crippen LogP contribution in [0.3, 0.4) is 0 Å². The van der Waals surface area contributed by atoms with E-state index in [1.165, 1.54) is 5.56 Å². The summed E-state index contributed by atoms with van der Waals surface area (Å²) < 4.78 is 3.86. The molecule has 0 fully saturated rings. The number of fused-ring (bicyclic) bond motifs is 1. The third-order valence-electron chi connectivity index (χ3n) is 4.82. The van der Waals surface area contributed by atoms with Crippen LogP contribution in [0.2, 0.25) is 0 Å². The monoisotopic (exact) mass is 370 g/mol. The molecule has 0 aliphatic carbocycles. The molecule has 0 saturated heterocycles. The van der Waals surface area contributed by atoms with E-state index in [0.717, 1.165) is 40.4 Å². The van der Waals surface area contributed by atoms with E-state index in [-0.39, 0.29) is 0 Å². The number of aromatic amines is 1. The molecular formula is C20H18N8. The summed E-state index contributed by atoms with van der Waals surface area (Å²) in [6.45, 7) is 4.72. The van der Waals surface area contributed by atoms with Gasteiger partial charge in [0.15, 0.2) is 5.65 Å². The van der Waals surface area contributed by atoms with Gasteiger partial charge in [0, 0.05) is 11.6 Å². The number of aryl methyl sites for hydroxylation is 2. The Morgan fingerprint density at radius 2 is 1.71 bits per heavy atom. The number of rotatable bonds is 4. The second-order valence-electron chi connectivity index (χ2n) is 6.74. The first-order valence-corrected chi connectivity index (χ1v) is 9.01. The summed E-state index contributed by atoms with van der Waals surface area (Å²) in [4.78, 5) is 0. The molecule has 0 bridgehead atoms. The van der Waals surface area contributed by atoms with Gasteiger partial charge in [0.25, 0.3) is 0 Å². The SMILES string of the molecule is Cc1cc2n(Cc3ccc(-c4ccccc4-c4nn[nH]n4)cc3)c(C)nn2n1. The minimum Gasteiger partial charge on any atom is -0.307 e. The van der Waals surface area contributed by atoms with Gasteiger partial charge in [0.1, 0.15) is 5.82 Å². The summed E-state index contributed by atoms with van der Waals surface area (Å²) in [5.74, 6) is 1.53. The summed E-state index contributed by atoms with van der Waals surface area (Å²) in [6.07, 6.45) is 0. The second kappa shape index (κ2) is 6.41. The molecule has 5 rings (SSSR count). The van der Waals surface area contributed by atoms with Crippen molar-refractivity contribution in [1.82, 2.24) is 40.0 Å². The molecule has 8 heteroatoms. The smallest absolute Gasteiger partial charge is 0.205 e. The number of aromatic nitrogens is 8. The lowest BCUT2D eigenvalue weighted by Gasteiger charge is -2.09. The van der Waals surface area contributed by atoms with Crippen LogP contribution in [-0.4, -0.2) is 40.0 Å². The van der Waals surface area contributed by atoms with Gasteiger partial charge in [-0.2, -0.15) is 10.3 Å². The van der Waals surface area contributed by atoms with Gasteiger partial charge in [-0.1, -0.05) is 48.5 Å². The summed E-state index contributed by atoms with van der Waals surface area (Å²) >= 11 is 0. The summed E-state index contributed by atoms with van der Waals surface area (Å²) in [6, 6.07) is 18.6. The zero-order valence-corrected chi connectivity index (χ0v) is 15.5. The Labute approximate surface area is 160 Å². The maximum atomic E-state index is 4.48. The Bertz CT molecular complexity index is 1250. The number of hydrogen-bond acceptors (Lipinski definition) is 5. The summed E-state index contributed by atoms with van der Waals surface area (Å²) in [7, 11) is 0. The van der Waals surface area contributed by atoms with Gasteiger partial charge >= 0.3 is 0 Å². The highest BCUT2D eigenvalue weighted by atomic mass is 15.5. The van der Waals surface area contributed by atoms with Gasteiger partial charge in [0.05, 0.1) is 12.2 Å². The Morgan fingerprint density at radius 3 is 2.46 bits per heavy atom. The average Bonchev–Trinajstić information content (AvgIpc) is 3.41. The highest BCUT2D eigenvalue weighted by Gasteiger charge is 2.12. The molecule has 2 aromatic carbocycles. The van der Waals surface area contributed by atoms with E-state index in [0.29, 0.717) is 5.82 Å². The van der Waals surface area contributed by atoms with Crippen LogP contribution < -0.4 is 0 Å². The van der Waals surface area contributed by atoms with Crippen LogP contribution in [0, 0.1) is 13.8 Å². The van der Waals surface area contributed by atoms with E-state index in [1.807, 2.05) is 32.0 Å². The lowest BCUT2D eigenvalue weighted by atomic mass is 9.98. The van der Waals surface area contributed by atoms with Crippen molar-refractivity contribution in [3.05, 3.63) is 71.7 Å². The molecule has 0 unspecified atom stereocenters. The van der Waals surface area contributed by atoms with E-state index >= 15 is 0 Å². The number of nitrogens with one attached hydrogen (secondary N) is 1. The highest BCUT2D eigenvalue weighted by molar-refractivity contribution is 5.80. The van der Waals surface area contributed by atoms with Crippen molar-refractivity contribution >= 4 is 5.65 Å². The highest BCUT2D eigenvalue weighted by Crippen LogP contribution is 2.29. The number of hydrogen-bond donors (Lipinski definition) is 1. The zero-order valence-electron chi connectivity index (χ0n) is 15.5. The second-order valence-corrected chi connectivity index (χ2v) is 6.74. The molecule has 0 radical (unpaired) electrons. The van der Waals surface area contributed by atoms with Crippen LogP contribution >= 0.6 is 0 Å². The molecule has 0 saturated carbocycles. The van der Waals surface area contributed by atoms with Crippen molar-refractivity contribution in [1.29, 1.82) is 0 Å². The van der Waals surface area contributed by atoms with Crippen molar-refractivity contribution < 1.29 is 0 Å². The topological polar surface area (TPSA) is 89.6 Å². The van der Waals surface area contributed by atoms with Gasteiger partial charge < -0.3 is 4.57 Å². The van der Waals surface area contributed by atoms with E-state index < -0.39 is 0 Å². The van der Waals surface area contributed by atoms with E-state index in [4.69, 9.17) is 0 Å². The molecule has 0 aliphatic rings. The molecule has 28 heavy (non-hydrogen) atoms. The largest absolute Gasteiger partial charge is 0.307 e. The summed E-state index contributed by atoms with van der Waals surface area (Å²) in [5, 5.41) is 23.3. The molecule has 138 valence electrons. The average molecular weight is 370 g/mol. The van der Waals surface area contributed by atoms with Gasteiger partial charge in [0.2, 0.25) is 5.82 Å². The zero-order chi connectivity index (χ0) is 19.1. The minimum absolute atomic E-state index is 0.590. The number of benzene rings is 2. The molecule has 0 spiro atoms. The van der Waals surface area contributed by atoms with Crippen molar-refractivity contribution in [3.8, 4) is 22.5 Å². The first-order valence-electron chi connectivity index (χ1n) is 9.01. The van der Waals surface area contributed by atoms with Crippen molar-refractivity contribution in [3.63, 3.8) is 0 Å². The third kappa shape index (κ3) is 2.75. The lowest BCUT2D eigenvalue weighted by molar-refractivity contribution is 0.771. The van der Waals surface area contributed by atoms with Crippen molar-refractivity contribution in [2.24, 2.45) is 0 Å². The van der Waals surface area contributed by atoms with Crippen LogP contribution in [0.1, 0.15) is 17.1 Å². The number of H-pyrrole nitrogens is 1. The lowest BCUT2D eigenvalue weighted by Crippen LogP contribution is -2.01. The van der Waals surface area contributed by atoms with Crippen molar-refractivity contribution in [2.45, 2.75) is 20.4 Å². The fourth-order valence-electron chi connectivity index (χ4n) is 3.46. The van der Waals surface area contributed by atoms with E-state index in [1.54, 1.807) is 4.63 Å². The molecule has 0 amide bonds. The molecule has 3 heterocycles. The minimum atomic E-state index is 0.590. The first kappa shape index (κ1) is 16.4. The predicted octanol–water partition coefficient (Wildman–Crippen LogP) is 3.04. The Morgan fingerprint density at radius 1 is 0.929 bits per heavy atom. The summed E-state index contributed by atoms with van der Waals surface area (Å²) in [5.41, 5.74) is 6.29. The number of nitrogens with zero attached hydrogens (tertiary/aromatic N) is 7. The Kier molecular flexibility index (Phi) is 3.75. The van der Waals surface area contributed by atoms with Crippen LogP contribution in [0.4, 0.5) is 0 Å². The predicted molar refractivity (Wildman–Crippen MR) is 105 cm³/mol. The van der Waals surface area contributed by atoms with E-state index in [2.05, 4.69) is 71.8 Å². The third-order valence-corrected chi connectivity index (χ3v) is 4.82. The molecular weight excluding hydrogens is 352 g/mol. The van der Waals surface area contributed by atoms with Gasteiger partial charge in [-0.3, -0.25) is 0 Å². The van der Waals surface area contributed by atoms with Gasteiger partial charge in [-0.25, -0.2) is 0 Å². The molecule has 8 nitrogen and oxygen atoms in total. The van der Waals surface area contributed by atoms with Crippen molar-refractivity contribution in [2.75, 3.05) is 0 Å². The van der Waals surface area contributed by atoms with E-state index in [9.17, 15) is 0 Å². The van der Waals surface area contributed by atoms with Crippen LogP contribution in [-0.2, 0) is 6.54 Å². The molecule has 0 atom stereocenters. The molecule has 3 aromatic heterocycles. The van der Waals surface area contributed by atoms with Gasteiger partial charge in [-0.15, -0.1) is 19.9 Å². The molecule has 5 aromatic rings. The standard InChI is InChI=1S/C20H18N8/c1-13-11-19-27(14(2)24-28(19)23-13)12-15-7-9-16(10-8-15)17-5-3-4-6-18(17)20-21-25-26-22-20/h3-11H,12H2,1-2H3,(H,21,22,25,26). The Balaban J connectivity index is 1.48. The maximum absolute atomic E-state index is 4.48. The fraction of sp³-hybridized carbons (Fsp3) is 0.150. The van der Waals surface area contributed by atoms with Crippen LogP contribution in [0.5, 0.6) is 0 Å². The quantitative estimate of drug-likeness (QED) is 0.525. The van der Waals surface area contributed by atoms with Crippen LogP contribution in [0.15, 0.2) is 54.6 Å². The molecule has 1 N–H and O–H groups in total. The molecule has 0 aliphatic heterocycles. The first-order chi connectivity index (χ1) is 13.7. The Hall–Kier alpha value is -3.81. The van der Waals surface area contributed by atoms with Gasteiger partial charge in [-0.05, 0) is 35.8 Å². The van der Waals surface area contributed by atoms with Crippen LogP contribution in [0.25, 0.3) is 28.2 Å². The number of tetrazole rings is 1. The maximum Gasteiger partial charge on any atom is 0.205 e.